The number of fused-ring (bicyclic) bond motifs is 3. The van der Waals surface area contributed by atoms with Crippen molar-refractivity contribution in [3.63, 3.8) is 0 Å². The van der Waals surface area contributed by atoms with E-state index in [2.05, 4.69) is 61.5 Å². The maximum atomic E-state index is 13.8. The Labute approximate surface area is 295 Å². The van der Waals surface area contributed by atoms with Crippen molar-refractivity contribution in [2.75, 3.05) is 39.3 Å². The van der Waals surface area contributed by atoms with Crippen LogP contribution in [0.2, 0.25) is 0 Å². The third-order valence-electron chi connectivity index (χ3n) is 12.9. The molecule has 2 aromatic rings. The average Bonchev–Trinajstić information content (AvgIpc) is 3.54. The molecule has 264 valence electrons. The van der Waals surface area contributed by atoms with Crippen LogP contribution in [0.5, 0.6) is 0 Å². The van der Waals surface area contributed by atoms with Crippen molar-refractivity contribution in [3.05, 3.63) is 64.8 Å². The van der Waals surface area contributed by atoms with E-state index in [0.29, 0.717) is 48.4 Å². The van der Waals surface area contributed by atoms with Crippen LogP contribution in [-0.4, -0.2) is 92.4 Å². The number of rotatable bonds is 9. The molecule has 50 heavy (non-hydrogen) atoms. The molecule has 2 amide bonds. The van der Waals surface area contributed by atoms with E-state index in [9.17, 15) is 14.9 Å². The molecule has 3 aliphatic heterocycles. The molecule has 1 aromatic heterocycles. The molecular formula is C39H51N9O2. The second kappa shape index (κ2) is 13.9. The van der Waals surface area contributed by atoms with Gasteiger partial charge in [0.2, 0.25) is 5.91 Å². The van der Waals surface area contributed by atoms with Gasteiger partial charge in [-0.05, 0) is 131 Å². The van der Waals surface area contributed by atoms with Crippen LogP contribution in [-0.2, 0) is 16.6 Å². The summed E-state index contributed by atoms with van der Waals surface area (Å²) in [5, 5.41) is 29.7. The van der Waals surface area contributed by atoms with Crippen molar-refractivity contribution >= 4 is 11.8 Å². The number of carbonyl (C=O) groups excluding carboxylic acids is 2. The van der Waals surface area contributed by atoms with Gasteiger partial charge in [0.15, 0.2) is 5.82 Å². The van der Waals surface area contributed by atoms with E-state index in [4.69, 9.17) is 5.10 Å². The quantitative estimate of drug-likeness (QED) is 0.365. The van der Waals surface area contributed by atoms with Gasteiger partial charge in [-0.1, -0.05) is 17.9 Å². The van der Waals surface area contributed by atoms with E-state index >= 15 is 0 Å². The zero-order chi connectivity index (χ0) is 34.2. The fourth-order valence-electron chi connectivity index (χ4n) is 10.3. The van der Waals surface area contributed by atoms with Crippen LogP contribution in [0.1, 0.15) is 104 Å². The molecule has 2 saturated heterocycles. The zero-order valence-electron chi connectivity index (χ0n) is 29.3. The predicted octanol–water partition coefficient (Wildman–Crippen LogP) is 4.71. The summed E-state index contributed by atoms with van der Waals surface area (Å²) in [5.74, 6) is 2.22. The third kappa shape index (κ3) is 6.03. The van der Waals surface area contributed by atoms with Crippen LogP contribution >= 0.6 is 0 Å². The van der Waals surface area contributed by atoms with Crippen molar-refractivity contribution in [3.8, 4) is 6.07 Å². The minimum atomic E-state index is -0.545. The Morgan fingerprint density at radius 3 is 2.54 bits per heavy atom. The summed E-state index contributed by atoms with van der Waals surface area (Å²) in [6, 6.07) is 9.10. The van der Waals surface area contributed by atoms with Gasteiger partial charge in [-0.15, -0.1) is 10.2 Å². The lowest BCUT2D eigenvalue weighted by Crippen LogP contribution is -2.48. The van der Waals surface area contributed by atoms with Gasteiger partial charge in [-0.25, -0.2) is 0 Å². The third-order valence-corrected chi connectivity index (χ3v) is 12.9. The van der Waals surface area contributed by atoms with Crippen LogP contribution in [0.25, 0.3) is 0 Å². The molecule has 6 aliphatic rings. The van der Waals surface area contributed by atoms with E-state index in [-0.39, 0.29) is 17.7 Å². The number of carbonyl (C=O) groups is 2. The lowest BCUT2D eigenvalue weighted by atomic mass is 9.57. The summed E-state index contributed by atoms with van der Waals surface area (Å²) in [7, 11) is 0. The fourth-order valence-corrected chi connectivity index (χ4v) is 10.3. The number of aromatic amines is 1. The highest BCUT2D eigenvalue weighted by atomic mass is 16.2. The Kier molecular flexibility index (Phi) is 9.23. The lowest BCUT2D eigenvalue weighted by Gasteiger charge is -2.46. The van der Waals surface area contributed by atoms with Crippen LogP contribution < -0.4 is 5.32 Å². The Balaban J connectivity index is 1.10. The molecule has 6 atom stereocenters. The number of amides is 2. The number of piperidine rings is 2. The van der Waals surface area contributed by atoms with E-state index < -0.39 is 5.41 Å². The number of aryl methyl sites for hydroxylation is 1. The van der Waals surface area contributed by atoms with Gasteiger partial charge >= 0.3 is 0 Å². The molecule has 4 unspecified atom stereocenters. The summed E-state index contributed by atoms with van der Waals surface area (Å²) in [5.41, 5.74) is 4.24. The normalized spacial score (nSPS) is 30.3. The van der Waals surface area contributed by atoms with Gasteiger partial charge < -0.3 is 20.0 Å². The van der Waals surface area contributed by atoms with Crippen LogP contribution in [0.3, 0.4) is 0 Å². The minimum absolute atomic E-state index is 0.0466. The maximum Gasteiger partial charge on any atom is 0.253 e. The van der Waals surface area contributed by atoms with Gasteiger partial charge in [-0.2, -0.15) is 10.5 Å². The second-order valence-corrected chi connectivity index (χ2v) is 15.7. The molecule has 2 N–H and O–H groups in total. The molecular weight excluding hydrogens is 626 g/mol. The van der Waals surface area contributed by atoms with E-state index in [1.807, 2.05) is 11.0 Å². The van der Waals surface area contributed by atoms with Crippen molar-refractivity contribution in [2.24, 2.45) is 23.7 Å². The number of tetrazole rings is 1. The molecule has 11 heteroatoms. The highest BCUT2D eigenvalue weighted by Gasteiger charge is 2.53. The number of hydrogen-bond donors (Lipinski definition) is 2. The molecule has 1 aromatic carbocycles. The first-order valence-electron chi connectivity index (χ1n) is 19.2. The van der Waals surface area contributed by atoms with E-state index in [1.165, 1.54) is 24.0 Å². The van der Waals surface area contributed by atoms with E-state index in [0.717, 1.165) is 108 Å². The summed E-state index contributed by atoms with van der Waals surface area (Å²) in [6.07, 6.45) is 15.1. The summed E-state index contributed by atoms with van der Waals surface area (Å²) < 4.78 is 0. The number of allylic oxidation sites excluding steroid dienone is 1. The van der Waals surface area contributed by atoms with Gasteiger partial charge in [0.1, 0.15) is 11.8 Å². The van der Waals surface area contributed by atoms with Gasteiger partial charge in [0, 0.05) is 61.9 Å². The Bertz CT molecular complexity index is 1670. The predicted molar refractivity (Wildman–Crippen MR) is 188 cm³/mol. The first-order chi connectivity index (χ1) is 24.5. The van der Waals surface area contributed by atoms with Crippen LogP contribution in [0.4, 0.5) is 0 Å². The number of nitrogens with one attached hydrogen (secondary N) is 2. The first kappa shape index (κ1) is 33.1. The number of likely N-dealkylation sites (tertiary alicyclic amines) is 2. The smallest absolute Gasteiger partial charge is 0.253 e. The van der Waals surface area contributed by atoms with Crippen molar-refractivity contribution in [2.45, 2.75) is 94.9 Å². The number of H-pyrrole nitrogens is 1. The molecule has 11 nitrogen and oxygen atoms in total. The molecule has 4 fully saturated rings. The highest BCUT2D eigenvalue weighted by Crippen LogP contribution is 2.55. The number of hydrogen-bond acceptors (Lipinski definition) is 8. The fraction of sp³-hybridized carbons (Fsp3) is 0.641. The zero-order valence-corrected chi connectivity index (χ0v) is 29.3. The molecule has 2 saturated carbocycles. The number of benzene rings is 1. The minimum Gasteiger partial charge on any atom is -0.342 e. The van der Waals surface area contributed by atoms with Crippen molar-refractivity contribution < 1.29 is 9.59 Å². The topological polar surface area (TPSA) is 134 Å². The molecule has 3 aliphatic carbocycles. The SMILES string of the molecule is C=C(CNCCC1(c2nn[nH]n2)c2ccc(C(=O)N3CCCCC3)cc2CCC2CC(C(=O)N3CCCCC3)CCC21)N1C(C#N)=C[C@@H]2C[C@@H]21. The molecule has 0 bridgehead atoms. The van der Waals surface area contributed by atoms with Gasteiger partial charge in [0.25, 0.3) is 5.91 Å². The summed E-state index contributed by atoms with van der Waals surface area (Å²) in [6.45, 7) is 9.05. The maximum absolute atomic E-state index is 13.8. The van der Waals surface area contributed by atoms with E-state index in [1.54, 1.807) is 0 Å². The number of nitriles is 1. The Hall–Kier alpha value is -4.04. The average molecular weight is 678 g/mol. The second-order valence-electron chi connectivity index (χ2n) is 15.7. The lowest BCUT2D eigenvalue weighted by molar-refractivity contribution is -0.139. The highest BCUT2D eigenvalue weighted by molar-refractivity contribution is 5.94. The monoisotopic (exact) mass is 677 g/mol. The number of nitrogens with zero attached hydrogens (tertiary/aromatic N) is 7. The van der Waals surface area contributed by atoms with Crippen LogP contribution in [0, 0.1) is 35.0 Å². The Morgan fingerprint density at radius 1 is 1.02 bits per heavy atom. The first-order valence-corrected chi connectivity index (χ1v) is 19.2. The molecule has 8 rings (SSSR count). The molecule has 4 heterocycles. The van der Waals surface area contributed by atoms with Gasteiger partial charge in [0.05, 0.1) is 5.41 Å². The largest absolute Gasteiger partial charge is 0.342 e. The van der Waals surface area contributed by atoms with Crippen molar-refractivity contribution in [1.82, 2.24) is 40.6 Å². The summed E-state index contributed by atoms with van der Waals surface area (Å²) >= 11 is 0. The Morgan fingerprint density at radius 2 is 1.80 bits per heavy atom. The number of aromatic nitrogens is 4. The van der Waals surface area contributed by atoms with Gasteiger partial charge in [-0.3, -0.25) is 9.59 Å². The molecule has 0 radical (unpaired) electrons. The summed E-state index contributed by atoms with van der Waals surface area (Å²) in [4.78, 5) is 33.8. The molecule has 0 spiro atoms. The van der Waals surface area contributed by atoms with Crippen LogP contribution in [0.15, 0.2) is 42.2 Å². The standard InChI is InChI=1S/C39H51N9O2/c1-26(48-32(24-40)22-31-23-35(31)48)25-41-15-14-39(38-42-44-45-43-38)33-12-10-29(36(49)46-16-4-2-5-17-46)20-27(33)8-9-28-21-30(11-13-34(28)39)37(50)47-18-6-3-7-19-47/h10,12,20,22,28,30-31,34-35,41H,1-9,11,13-19,21,23,25H2,(H,42,43,44,45)/t28?,30?,31-,34?,35+,39?/m1/s1. The van der Waals surface area contributed by atoms with Crippen molar-refractivity contribution in [1.29, 1.82) is 5.26 Å².